The van der Waals surface area contributed by atoms with Crippen LogP contribution in [0, 0.1) is 0 Å². The Morgan fingerprint density at radius 2 is 2.23 bits per heavy atom. The van der Waals surface area contributed by atoms with Crippen LogP contribution in [0.4, 0.5) is 0 Å². The summed E-state index contributed by atoms with van der Waals surface area (Å²) in [6.07, 6.45) is 2.85. The van der Waals surface area contributed by atoms with Crippen molar-refractivity contribution in [2.24, 2.45) is 5.73 Å². The molecule has 1 saturated heterocycles. The third-order valence-corrected chi connectivity index (χ3v) is 4.68. The van der Waals surface area contributed by atoms with Gasteiger partial charge in [-0.05, 0) is 37.6 Å². The van der Waals surface area contributed by atoms with Gasteiger partial charge in [-0.1, -0.05) is 6.07 Å². The lowest BCUT2D eigenvalue weighted by atomic mass is 9.98. The van der Waals surface area contributed by atoms with Crippen molar-refractivity contribution in [2.75, 3.05) is 6.54 Å². The second kappa shape index (κ2) is 7.40. The topological polar surface area (TPSA) is 92.5 Å². The molecule has 0 saturated carbocycles. The van der Waals surface area contributed by atoms with E-state index in [9.17, 15) is 14.4 Å². The number of nitrogens with one attached hydrogen (secondary N) is 1. The van der Waals surface area contributed by atoms with Crippen LogP contribution in [0.1, 0.15) is 42.3 Å². The van der Waals surface area contributed by atoms with Gasteiger partial charge in [0.2, 0.25) is 11.8 Å². The standard InChI is InChI=1S/C15H21N3O3S/c1-10(17-14(20)12-6-4-8-22-12)15(21)18-7-3-2-5-11(18)9-13(16)19/h4,6,8,10-11H,2-3,5,7,9H2,1H3,(H2,16,19)(H,17,20)/t10-,11-/m1/s1. The van der Waals surface area contributed by atoms with Crippen LogP contribution in [0.3, 0.4) is 0 Å². The highest BCUT2D eigenvalue weighted by molar-refractivity contribution is 7.12. The fraction of sp³-hybridized carbons (Fsp3) is 0.533. The molecule has 1 aromatic heterocycles. The molecule has 6 nitrogen and oxygen atoms in total. The molecule has 1 aromatic rings. The summed E-state index contributed by atoms with van der Waals surface area (Å²) in [4.78, 5) is 38.0. The summed E-state index contributed by atoms with van der Waals surface area (Å²) in [5.41, 5.74) is 5.26. The van der Waals surface area contributed by atoms with Gasteiger partial charge in [-0.15, -0.1) is 11.3 Å². The van der Waals surface area contributed by atoms with Crippen molar-refractivity contribution >= 4 is 29.1 Å². The number of rotatable bonds is 5. The predicted molar refractivity (Wildman–Crippen MR) is 84.4 cm³/mol. The second-order valence-corrected chi connectivity index (χ2v) is 6.47. The van der Waals surface area contributed by atoms with Gasteiger partial charge in [0.1, 0.15) is 6.04 Å². The molecule has 0 aliphatic carbocycles. The van der Waals surface area contributed by atoms with Gasteiger partial charge in [-0.25, -0.2) is 0 Å². The Kier molecular flexibility index (Phi) is 5.54. The molecule has 2 atom stereocenters. The van der Waals surface area contributed by atoms with Crippen LogP contribution in [0.2, 0.25) is 0 Å². The monoisotopic (exact) mass is 323 g/mol. The molecule has 1 aliphatic heterocycles. The first-order chi connectivity index (χ1) is 10.5. The average molecular weight is 323 g/mol. The number of nitrogens with two attached hydrogens (primary N) is 1. The van der Waals surface area contributed by atoms with Gasteiger partial charge in [-0.3, -0.25) is 14.4 Å². The Hall–Kier alpha value is -1.89. The van der Waals surface area contributed by atoms with Gasteiger partial charge in [0.15, 0.2) is 0 Å². The van der Waals surface area contributed by atoms with Crippen molar-refractivity contribution in [1.29, 1.82) is 0 Å². The second-order valence-electron chi connectivity index (χ2n) is 5.52. The summed E-state index contributed by atoms with van der Waals surface area (Å²) < 4.78 is 0. The number of primary amides is 1. The molecule has 3 amide bonds. The van der Waals surface area contributed by atoms with E-state index in [0.717, 1.165) is 19.3 Å². The van der Waals surface area contributed by atoms with Crippen LogP contribution in [0.15, 0.2) is 17.5 Å². The van der Waals surface area contributed by atoms with Crippen molar-refractivity contribution in [3.05, 3.63) is 22.4 Å². The Morgan fingerprint density at radius 1 is 1.45 bits per heavy atom. The molecule has 1 fully saturated rings. The Labute approximate surface area is 133 Å². The molecule has 0 aromatic carbocycles. The molecule has 22 heavy (non-hydrogen) atoms. The molecule has 2 heterocycles. The number of likely N-dealkylation sites (tertiary alicyclic amines) is 1. The molecular formula is C15H21N3O3S. The van der Waals surface area contributed by atoms with E-state index in [-0.39, 0.29) is 24.3 Å². The van der Waals surface area contributed by atoms with E-state index >= 15 is 0 Å². The molecule has 3 N–H and O–H groups in total. The Balaban J connectivity index is 1.98. The summed E-state index contributed by atoms with van der Waals surface area (Å²) in [5, 5.41) is 4.53. The molecule has 0 unspecified atom stereocenters. The molecule has 0 bridgehead atoms. The molecule has 2 rings (SSSR count). The van der Waals surface area contributed by atoms with Crippen LogP contribution in [-0.4, -0.2) is 41.2 Å². The number of carbonyl (C=O) groups excluding carboxylic acids is 3. The minimum atomic E-state index is -0.622. The van der Waals surface area contributed by atoms with E-state index in [2.05, 4.69) is 5.32 Å². The van der Waals surface area contributed by atoms with Crippen LogP contribution in [0.25, 0.3) is 0 Å². The van der Waals surface area contributed by atoms with Crippen LogP contribution in [0.5, 0.6) is 0 Å². The first kappa shape index (κ1) is 16.5. The lowest BCUT2D eigenvalue weighted by molar-refractivity contribution is -0.137. The summed E-state index contributed by atoms with van der Waals surface area (Å²) in [5.74, 6) is -0.810. The smallest absolute Gasteiger partial charge is 0.261 e. The molecule has 7 heteroatoms. The van der Waals surface area contributed by atoms with E-state index in [4.69, 9.17) is 5.73 Å². The maximum absolute atomic E-state index is 12.6. The summed E-state index contributed by atoms with van der Waals surface area (Å²) in [7, 11) is 0. The van der Waals surface area contributed by atoms with Crippen LogP contribution in [-0.2, 0) is 9.59 Å². The quantitative estimate of drug-likeness (QED) is 0.850. The minimum Gasteiger partial charge on any atom is -0.370 e. The van der Waals surface area contributed by atoms with Gasteiger partial charge in [0, 0.05) is 19.0 Å². The molecule has 0 radical (unpaired) electrons. The first-order valence-electron chi connectivity index (χ1n) is 7.42. The average Bonchev–Trinajstić information content (AvgIpc) is 3.00. The third-order valence-electron chi connectivity index (χ3n) is 3.81. The van der Waals surface area contributed by atoms with Crippen molar-refractivity contribution in [3.63, 3.8) is 0 Å². The Bertz CT molecular complexity index is 544. The first-order valence-corrected chi connectivity index (χ1v) is 8.30. The molecular weight excluding hydrogens is 302 g/mol. The summed E-state index contributed by atoms with van der Waals surface area (Å²) in [6, 6.07) is 2.73. The van der Waals surface area contributed by atoms with Gasteiger partial charge in [0.05, 0.1) is 4.88 Å². The van der Waals surface area contributed by atoms with Gasteiger partial charge in [-0.2, -0.15) is 0 Å². The van der Waals surface area contributed by atoms with Gasteiger partial charge < -0.3 is 16.0 Å². The highest BCUT2D eigenvalue weighted by atomic mass is 32.1. The number of amides is 3. The highest BCUT2D eigenvalue weighted by Gasteiger charge is 2.31. The van der Waals surface area contributed by atoms with Gasteiger partial charge >= 0.3 is 0 Å². The zero-order chi connectivity index (χ0) is 16.1. The lowest BCUT2D eigenvalue weighted by Gasteiger charge is -2.36. The lowest BCUT2D eigenvalue weighted by Crippen LogP contribution is -2.53. The van der Waals surface area contributed by atoms with Gasteiger partial charge in [0.25, 0.3) is 5.91 Å². The van der Waals surface area contributed by atoms with E-state index in [1.54, 1.807) is 24.0 Å². The number of hydrogen-bond acceptors (Lipinski definition) is 4. The number of nitrogens with zero attached hydrogens (tertiary/aromatic N) is 1. The SMILES string of the molecule is C[C@@H](NC(=O)c1cccs1)C(=O)N1CCCC[C@@H]1CC(N)=O. The summed E-state index contributed by atoms with van der Waals surface area (Å²) >= 11 is 1.33. The largest absolute Gasteiger partial charge is 0.370 e. The maximum atomic E-state index is 12.6. The van der Waals surface area contributed by atoms with E-state index in [1.165, 1.54) is 11.3 Å². The zero-order valence-electron chi connectivity index (χ0n) is 12.6. The highest BCUT2D eigenvalue weighted by Crippen LogP contribution is 2.20. The number of piperidine rings is 1. The maximum Gasteiger partial charge on any atom is 0.261 e. The third kappa shape index (κ3) is 4.07. The Morgan fingerprint density at radius 3 is 2.86 bits per heavy atom. The minimum absolute atomic E-state index is 0.153. The van der Waals surface area contributed by atoms with E-state index in [1.807, 2.05) is 5.38 Å². The molecule has 0 spiro atoms. The van der Waals surface area contributed by atoms with Crippen LogP contribution < -0.4 is 11.1 Å². The van der Waals surface area contributed by atoms with E-state index < -0.39 is 11.9 Å². The number of carbonyl (C=O) groups is 3. The van der Waals surface area contributed by atoms with Crippen LogP contribution >= 0.6 is 11.3 Å². The van der Waals surface area contributed by atoms with E-state index in [0.29, 0.717) is 11.4 Å². The number of hydrogen-bond donors (Lipinski definition) is 2. The molecule has 120 valence electrons. The number of thiophene rings is 1. The summed E-state index contributed by atoms with van der Waals surface area (Å²) in [6.45, 7) is 2.28. The molecule has 1 aliphatic rings. The van der Waals surface area contributed by atoms with Crippen molar-refractivity contribution in [3.8, 4) is 0 Å². The predicted octanol–water partition coefficient (Wildman–Crippen LogP) is 1.12. The van der Waals surface area contributed by atoms with Crippen molar-refractivity contribution < 1.29 is 14.4 Å². The normalized spacial score (nSPS) is 19.5. The van der Waals surface area contributed by atoms with Crippen molar-refractivity contribution in [1.82, 2.24) is 10.2 Å². The zero-order valence-corrected chi connectivity index (χ0v) is 13.4. The fourth-order valence-electron chi connectivity index (χ4n) is 2.72. The fourth-order valence-corrected chi connectivity index (χ4v) is 3.35. The van der Waals surface area contributed by atoms with Crippen molar-refractivity contribution in [2.45, 2.75) is 44.7 Å².